The molecule has 4 rings (SSSR count). The summed E-state index contributed by atoms with van der Waals surface area (Å²) in [5.74, 6) is 0.915. The molecule has 188 valence electrons. The molecule has 34 heavy (non-hydrogen) atoms. The number of hydrogen-bond acceptors (Lipinski definition) is 6. The smallest absolute Gasteiger partial charge is 0.168 e. The van der Waals surface area contributed by atoms with E-state index in [1.165, 1.54) is 43.4 Å². The van der Waals surface area contributed by atoms with Crippen LogP contribution < -0.4 is 5.32 Å². The highest BCUT2D eigenvalue weighted by Crippen LogP contribution is 2.18. The summed E-state index contributed by atoms with van der Waals surface area (Å²) >= 11 is 0. The summed E-state index contributed by atoms with van der Waals surface area (Å²) in [7, 11) is 4.25. The van der Waals surface area contributed by atoms with E-state index in [4.69, 9.17) is 0 Å². The number of aryl methyl sites for hydroxylation is 3. The Morgan fingerprint density at radius 3 is 2.65 bits per heavy atom. The van der Waals surface area contributed by atoms with Gasteiger partial charge in [-0.1, -0.05) is 19.1 Å². The minimum Gasteiger partial charge on any atom is -0.312 e. The van der Waals surface area contributed by atoms with E-state index in [0.717, 1.165) is 44.1 Å². The molecule has 1 atom stereocenters. The number of pyridine rings is 1. The molecule has 1 aliphatic carbocycles. The van der Waals surface area contributed by atoms with Gasteiger partial charge in [0.05, 0.1) is 12.4 Å². The first-order valence-electron chi connectivity index (χ1n) is 12.6. The first kappa shape index (κ1) is 27.9. The Balaban J connectivity index is 0.000000258. The average molecular weight is 469 g/mol. The van der Waals surface area contributed by atoms with Gasteiger partial charge in [0.25, 0.3) is 0 Å². The van der Waals surface area contributed by atoms with Crippen LogP contribution in [-0.4, -0.2) is 70.4 Å². The molecule has 7 heteroatoms. The summed E-state index contributed by atoms with van der Waals surface area (Å²) in [6, 6.07) is 4.83. The van der Waals surface area contributed by atoms with Gasteiger partial charge in [-0.2, -0.15) is 0 Å². The van der Waals surface area contributed by atoms with Gasteiger partial charge in [-0.05, 0) is 78.2 Å². The highest BCUT2D eigenvalue weighted by molar-refractivity contribution is 5.74. The zero-order valence-corrected chi connectivity index (χ0v) is 21.9. The number of likely N-dealkylation sites (N-methyl/N-ethyl adjacent to an activating group) is 1. The maximum absolute atomic E-state index is 11.5. The summed E-state index contributed by atoms with van der Waals surface area (Å²) in [6.45, 7) is 13.7. The van der Waals surface area contributed by atoms with Gasteiger partial charge in [0.1, 0.15) is 11.5 Å². The highest BCUT2D eigenvalue weighted by Gasteiger charge is 2.25. The molecular formula is C27H44N6O. The van der Waals surface area contributed by atoms with Gasteiger partial charge in [-0.25, -0.2) is 4.98 Å². The van der Waals surface area contributed by atoms with Crippen LogP contribution in [0.3, 0.4) is 0 Å². The Morgan fingerprint density at radius 2 is 2.03 bits per heavy atom. The molecule has 0 aromatic carbocycles. The summed E-state index contributed by atoms with van der Waals surface area (Å²) in [5, 5.41) is 3.24. The highest BCUT2D eigenvalue weighted by atomic mass is 16.1. The molecule has 1 saturated heterocycles. The van der Waals surface area contributed by atoms with E-state index in [9.17, 15) is 4.79 Å². The van der Waals surface area contributed by atoms with Crippen molar-refractivity contribution in [3.8, 4) is 0 Å². The van der Waals surface area contributed by atoms with Crippen molar-refractivity contribution in [2.24, 2.45) is 0 Å². The van der Waals surface area contributed by atoms with Gasteiger partial charge in [0, 0.05) is 37.6 Å². The maximum Gasteiger partial charge on any atom is 0.168 e. The van der Waals surface area contributed by atoms with Crippen LogP contribution in [-0.2, 0) is 26.1 Å². The molecule has 2 aromatic heterocycles. The fourth-order valence-corrected chi connectivity index (χ4v) is 4.42. The third-order valence-corrected chi connectivity index (χ3v) is 6.34. The van der Waals surface area contributed by atoms with E-state index < -0.39 is 0 Å². The molecule has 2 aromatic rings. The Kier molecular flexibility index (Phi) is 12.2. The molecule has 1 fully saturated rings. The first-order chi connectivity index (χ1) is 16.4. The van der Waals surface area contributed by atoms with E-state index in [1.807, 2.05) is 30.7 Å². The van der Waals surface area contributed by atoms with Gasteiger partial charge < -0.3 is 14.8 Å². The molecule has 0 amide bonds. The number of carbonyl (C=O) groups excluding carboxylic acids is 1. The second-order valence-corrected chi connectivity index (χ2v) is 9.17. The van der Waals surface area contributed by atoms with E-state index in [-0.39, 0.29) is 0 Å². The number of nitrogens with one attached hydrogen (secondary N) is 1. The lowest BCUT2D eigenvalue weighted by molar-refractivity contribution is 0.110. The number of nitrogens with zero attached hydrogens (tertiary/aromatic N) is 5. The molecule has 3 heterocycles. The number of likely N-dealkylation sites (tertiary alicyclic amines) is 1. The van der Waals surface area contributed by atoms with E-state index in [0.29, 0.717) is 18.3 Å². The fraction of sp³-hybridized carbons (Fsp3) is 0.593. The van der Waals surface area contributed by atoms with Crippen molar-refractivity contribution in [3.63, 3.8) is 0 Å². The lowest BCUT2D eigenvalue weighted by Gasteiger charge is -2.21. The van der Waals surface area contributed by atoms with Crippen LogP contribution in [0.25, 0.3) is 0 Å². The maximum atomic E-state index is 11.5. The standard InChI is InChI=1S/C15H27N5O.C9H11N.C3H6/c1-5-16-8-14-15(10-21)20(12(2)17-14)11-19-7-6-13(9-19)18(3)4;1-2-6-9-8(4-1)5-3-7-10-9;1-3-2/h10,13,16H,5-9,11H2,1-4H3;3,5,7H,1-2,4,6H2;3H,1H2,2H3. The second-order valence-electron chi connectivity index (χ2n) is 9.17. The van der Waals surface area contributed by atoms with Crippen molar-refractivity contribution < 1.29 is 4.79 Å². The zero-order valence-electron chi connectivity index (χ0n) is 21.9. The van der Waals surface area contributed by atoms with Gasteiger partial charge >= 0.3 is 0 Å². The first-order valence-corrected chi connectivity index (χ1v) is 12.6. The third-order valence-electron chi connectivity index (χ3n) is 6.34. The lowest BCUT2D eigenvalue weighted by atomic mass is 9.96. The van der Waals surface area contributed by atoms with Gasteiger partial charge in [0.2, 0.25) is 0 Å². The van der Waals surface area contributed by atoms with Gasteiger partial charge in [-0.3, -0.25) is 14.7 Å². The largest absolute Gasteiger partial charge is 0.312 e. The van der Waals surface area contributed by atoms with Crippen molar-refractivity contribution in [1.29, 1.82) is 0 Å². The molecule has 0 spiro atoms. The molecule has 1 N–H and O–H groups in total. The van der Waals surface area contributed by atoms with Crippen LogP contribution in [0.1, 0.15) is 66.4 Å². The van der Waals surface area contributed by atoms with E-state index >= 15 is 0 Å². The topological polar surface area (TPSA) is 66.3 Å². The average Bonchev–Trinajstić information content (AvgIpc) is 3.43. The van der Waals surface area contributed by atoms with Crippen molar-refractivity contribution in [2.45, 2.75) is 72.1 Å². The minimum absolute atomic E-state index is 0.606. The Labute approximate surface area is 206 Å². The van der Waals surface area contributed by atoms with Crippen molar-refractivity contribution in [1.82, 2.24) is 29.7 Å². The van der Waals surface area contributed by atoms with Crippen LogP contribution in [0.2, 0.25) is 0 Å². The molecule has 0 radical (unpaired) electrons. The van der Waals surface area contributed by atoms with Crippen LogP contribution in [0.4, 0.5) is 0 Å². The number of carbonyl (C=O) groups is 1. The molecule has 2 aliphatic rings. The number of aromatic nitrogens is 3. The van der Waals surface area contributed by atoms with Crippen molar-refractivity contribution in [3.05, 3.63) is 59.5 Å². The lowest BCUT2D eigenvalue weighted by Crippen LogP contribution is -2.32. The predicted octanol–water partition coefficient (Wildman–Crippen LogP) is 3.86. The third kappa shape index (κ3) is 8.15. The number of imidazole rings is 1. The van der Waals surface area contributed by atoms with E-state index in [2.05, 4.69) is 58.7 Å². The second kappa shape index (κ2) is 14.8. The summed E-state index contributed by atoms with van der Waals surface area (Å²) in [6.07, 6.45) is 10.9. The van der Waals surface area contributed by atoms with Gasteiger partial charge in [0.15, 0.2) is 6.29 Å². The Hall–Kier alpha value is -2.35. The summed E-state index contributed by atoms with van der Waals surface area (Å²) < 4.78 is 2.04. The molecule has 1 aliphatic heterocycles. The molecule has 0 saturated carbocycles. The number of allylic oxidation sites excluding steroid dienone is 1. The molecular weight excluding hydrogens is 424 g/mol. The summed E-state index contributed by atoms with van der Waals surface area (Å²) in [5.41, 5.74) is 4.36. The van der Waals surface area contributed by atoms with E-state index in [1.54, 1.807) is 6.08 Å². The van der Waals surface area contributed by atoms with Crippen LogP contribution in [0.15, 0.2) is 31.0 Å². The monoisotopic (exact) mass is 468 g/mol. The SMILES string of the molecule is C=CC.CCNCc1nc(C)n(CN2CCC(N(C)C)C2)c1C=O.c1cnc2c(c1)CCCC2. The summed E-state index contributed by atoms with van der Waals surface area (Å²) in [4.78, 5) is 25.0. The Morgan fingerprint density at radius 1 is 1.29 bits per heavy atom. The zero-order chi connectivity index (χ0) is 24.9. The van der Waals surface area contributed by atoms with Crippen molar-refractivity contribution >= 4 is 6.29 Å². The van der Waals surface area contributed by atoms with Crippen LogP contribution in [0.5, 0.6) is 0 Å². The molecule has 1 unspecified atom stereocenters. The molecule has 7 nitrogen and oxygen atoms in total. The quantitative estimate of drug-likeness (QED) is 0.492. The van der Waals surface area contributed by atoms with Crippen LogP contribution >= 0.6 is 0 Å². The normalized spacial score (nSPS) is 17.3. The molecule has 0 bridgehead atoms. The number of rotatable bonds is 7. The predicted molar refractivity (Wildman–Crippen MR) is 140 cm³/mol. The Bertz CT molecular complexity index is 866. The number of hydrogen-bond donors (Lipinski definition) is 1. The fourth-order valence-electron chi connectivity index (χ4n) is 4.42. The number of fused-ring (bicyclic) bond motifs is 1. The van der Waals surface area contributed by atoms with Gasteiger partial charge in [-0.15, -0.1) is 6.58 Å². The number of aldehydes is 1. The van der Waals surface area contributed by atoms with Crippen LogP contribution in [0, 0.1) is 6.92 Å². The van der Waals surface area contributed by atoms with Crippen molar-refractivity contribution in [2.75, 3.05) is 33.7 Å². The minimum atomic E-state index is 0.606.